The normalized spacial score (nSPS) is 15.2. The third kappa shape index (κ3) is 5.24. The lowest BCUT2D eigenvalue weighted by molar-refractivity contribution is 0.540. The lowest BCUT2D eigenvalue weighted by Crippen LogP contribution is -2.18. The lowest BCUT2D eigenvalue weighted by atomic mass is 9.81. The minimum atomic E-state index is 0.00213. The summed E-state index contributed by atoms with van der Waals surface area (Å²) in [5.41, 5.74) is 11.6. The Morgan fingerprint density at radius 2 is 1.88 bits per heavy atom. The number of allylic oxidation sites excluding steroid dienone is 5. The fourth-order valence-corrected chi connectivity index (χ4v) is 4.23. The minimum Gasteiger partial charge on any atom is -0.256 e. The predicted octanol–water partition coefficient (Wildman–Crippen LogP) is 7.55. The zero-order valence-electron chi connectivity index (χ0n) is 20.5. The van der Waals surface area contributed by atoms with Crippen LogP contribution in [0.15, 0.2) is 71.4 Å². The second-order valence-electron chi connectivity index (χ2n) is 9.57. The molecule has 32 heavy (non-hydrogen) atoms. The Labute approximate surface area is 193 Å². The van der Waals surface area contributed by atoms with Crippen LogP contribution in [0.2, 0.25) is 0 Å². The van der Waals surface area contributed by atoms with Crippen LogP contribution in [0.3, 0.4) is 0 Å². The summed E-state index contributed by atoms with van der Waals surface area (Å²) in [6, 6.07) is 6.50. The molecular weight excluding hydrogens is 392 g/mol. The molecule has 1 aliphatic carbocycles. The van der Waals surface area contributed by atoms with Crippen LogP contribution in [0, 0.1) is 0 Å². The fourth-order valence-electron chi connectivity index (χ4n) is 4.23. The molecule has 1 aliphatic rings. The lowest BCUT2D eigenvalue weighted by Gasteiger charge is -2.24. The second-order valence-corrected chi connectivity index (χ2v) is 9.57. The largest absolute Gasteiger partial charge is 0.256 e. The molecule has 3 rings (SSSR count). The van der Waals surface area contributed by atoms with Crippen molar-refractivity contribution in [3.8, 4) is 0 Å². The summed E-state index contributed by atoms with van der Waals surface area (Å²) in [5.74, 6) is 0.339. The van der Waals surface area contributed by atoms with Crippen LogP contribution in [0.5, 0.6) is 0 Å². The summed E-state index contributed by atoms with van der Waals surface area (Å²) >= 11 is 0. The molecule has 2 aromatic rings. The van der Waals surface area contributed by atoms with E-state index in [1.807, 2.05) is 17.8 Å². The highest BCUT2D eigenvalue weighted by atomic mass is 15.4. The van der Waals surface area contributed by atoms with E-state index in [0.717, 1.165) is 47.5 Å². The van der Waals surface area contributed by atoms with Crippen LogP contribution >= 0.6 is 0 Å². The zero-order valence-corrected chi connectivity index (χ0v) is 20.5. The summed E-state index contributed by atoms with van der Waals surface area (Å²) in [5, 5.41) is 8.74. The topological polar surface area (TPSA) is 43.1 Å². The van der Waals surface area contributed by atoms with Gasteiger partial charge in [-0.15, -0.1) is 11.7 Å². The maximum Gasteiger partial charge on any atom is 0.0951 e. The number of aliphatic imine (C=N–C) groups is 1. The molecule has 1 atom stereocenters. The van der Waals surface area contributed by atoms with Crippen molar-refractivity contribution in [3.63, 3.8) is 0 Å². The van der Waals surface area contributed by atoms with Crippen molar-refractivity contribution in [2.45, 2.75) is 72.8 Å². The van der Waals surface area contributed by atoms with E-state index in [9.17, 15) is 0 Å². The van der Waals surface area contributed by atoms with Crippen LogP contribution in [-0.4, -0.2) is 20.7 Å². The van der Waals surface area contributed by atoms with E-state index < -0.39 is 0 Å². The molecule has 168 valence electrons. The second kappa shape index (κ2) is 9.64. The zero-order chi connectivity index (χ0) is 23.6. The van der Waals surface area contributed by atoms with E-state index in [1.54, 1.807) is 0 Å². The highest BCUT2D eigenvalue weighted by Crippen LogP contribution is 2.38. The van der Waals surface area contributed by atoms with Gasteiger partial charge in [0.2, 0.25) is 0 Å². The average Bonchev–Trinajstić information content (AvgIpc) is 3.19. The smallest absolute Gasteiger partial charge is 0.0951 e. The molecule has 0 amide bonds. The SMILES string of the molecule is C=C(C)CC1=C(C)c2ccc(N=C(C)C(CC(=C)C)n3cc(C(C)C)nn3)cc2CC1=C. The Morgan fingerprint density at radius 3 is 2.47 bits per heavy atom. The summed E-state index contributed by atoms with van der Waals surface area (Å²) < 4.78 is 1.93. The van der Waals surface area contributed by atoms with Crippen LogP contribution in [-0.2, 0) is 6.42 Å². The standard InChI is InChI=1S/C28H36N4/c1-17(2)12-26-20(7)14-23-15-24(10-11-25(23)21(26)8)29-22(9)28(13-18(3)4)32-16-27(19(5)6)30-31-32/h10-11,15-16,19,28H,1,3,7,12-14H2,2,4-6,8-9H3. The first-order chi connectivity index (χ1) is 15.1. The number of aromatic nitrogens is 3. The van der Waals surface area contributed by atoms with Crippen molar-refractivity contribution in [2.24, 2.45) is 4.99 Å². The molecule has 1 heterocycles. The van der Waals surface area contributed by atoms with Gasteiger partial charge < -0.3 is 0 Å². The maximum atomic E-state index is 5.00. The summed E-state index contributed by atoms with van der Waals surface area (Å²) in [4.78, 5) is 5.00. The molecule has 1 aromatic carbocycles. The summed E-state index contributed by atoms with van der Waals surface area (Å²) in [6.45, 7) is 25.2. The van der Waals surface area contributed by atoms with Crippen molar-refractivity contribution in [1.82, 2.24) is 15.0 Å². The highest BCUT2D eigenvalue weighted by Gasteiger charge is 2.21. The number of hydrogen-bond acceptors (Lipinski definition) is 3. The molecule has 1 unspecified atom stereocenters. The van der Waals surface area contributed by atoms with Gasteiger partial charge in [0.1, 0.15) is 0 Å². The predicted molar refractivity (Wildman–Crippen MR) is 137 cm³/mol. The van der Waals surface area contributed by atoms with Crippen molar-refractivity contribution in [3.05, 3.63) is 83.2 Å². The third-order valence-corrected chi connectivity index (χ3v) is 6.02. The van der Waals surface area contributed by atoms with Gasteiger partial charge in [0.05, 0.1) is 17.4 Å². The molecule has 0 bridgehead atoms. The summed E-state index contributed by atoms with van der Waals surface area (Å²) in [7, 11) is 0. The van der Waals surface area contributed by atoms with Crippen LogP contribution in [0.1, 0.15) is 83.2 Å². The Morgan fingerprint density at radius 1 is 1.16 bits per heavy atom. The molecule has 4 heteroatoms. The molecule has 0 saturated carbocycles. The first-order valence-electron chi connectivity index (χ1n) is 11.3. The Balaban J connectivity index is 1.95. The van der Waals surface area contributed by atoms with Gasteiger partial charge in [-0.1, -0.05) is 49.4 Å². The van der Waals surface area contributed by atoms with Crippen molar-refractivity contribution < 1.29 is 0 Å². The van der Waals surface area contributed by atoms with Gasteiger partial charge in [-0.3, -0.25) is 4.99 Å². The van der Waals surface area contributed by atoms with E-state index in [2.05, 4.69) is 82.9 Å². The van der Waals surface area contributed by atoms with Gasteiger partial charge in [-0.2, -0.15) is 0 Å². The molecule has 1 aromatic heterocycles. The highest BCUT2D eigenvalue weighted by molar-refractivity contribution is 5.89. The van der Waals surface area contributed by atoms with Gasteiger partial charge in [-0.25, -0.2) is 4.68 Å². The number of rotatable bonds is 8. The van der Waals surface area contributed by atoms with E-state index in [0.29, 0.717) is 5.92 Å². The first-order valence-corrected chi connectivity index (χ1v) is 11.3. The van der Waals surface area contributed by atoms with E-state index in [-0.39, 0.29) is 6.04 Å². The van der Waals surface area contributed by atoms with Gasteiger partial charge in [-0.05, 0) is 92.9 Å². The van der Waals surface area contributed by atoms with Gasteiger partial charge in [0.25, 0.3) is 0 Å². The number of hydrogen-bond donors (Lipinski definition) is 0. The average molecular weight is 429 g/mol. The minimum absolute atomic E-state index is 0.00213. The Hall–Kier alpha value is -3.01. The fraction of sp³-hybridized carbons (Fsp3) is 0.393. The number of benzene rings is 1. The Bertz CT molecular complexity index is 1120. The third-order valence-electron chi connectivity index (χ3n) is 6.02. The first kappa shape index (κ1) is 23.6. The maximum absolute atomic E-state index is 5.00. The van der Waals surface area contributed by atoms with Gasteiger partial charge in [0.15, 0.2) is 0 Å². The van der Waals surface area contributed by atoms with E-state index in [4.69, 9.17) is 4.99 Å². The molecule has 0 spiro atoms. The molecular formula is C28H36N4. The summed E-state index contributed by atoms with van der Waals surface area (Å²) in [6.07, 6.45) is 4.56. The molecule has 0 fully saturated rings. The Kier molecular flexibility index (Phi) is 7.12. The van der Waals surface area contributed by atoms with Crippen molar-refractivity contribution in [1.29, 1.82) is 0 Å². The van der Waals surface area contributed by atoms with Crippen molar-refractivity contribution >= 4 is 17.0 Å². The van der Waals surface area contributed by atoms with Gasteiger partial charge >= 0.3 is 0 Å². The molecule has 0 N–H and O–H groups in total. The van der Waals surface area contributed by atoms with Crippen LogP contribution < -0.4 is 0 Å². The van der Waals surface area contributed by atoms with E-state index in [1.165, 1.54) is 27.8 Å². The monoisotopic (exact) mass is 428 g/mol. The quantitative estimate of drug-likeness (QED) is 0.322. The molecule has 4 nitrogen and oxygen atoms in total. The van der Waals surface area contributed by atoms with Crippen LogP contribution in [0.4, 0.5) is 5.69 Å². The molecule has 0 radical (unpaired) electrons. The molecule has 0 aliphatic heterocycles. The number of fused-ring (bicyclic) bond motifs is 1. The van der Waals surface area contributed by atoms with Crippen molar-refractivity contribution in [2.75, 3.05) is 0 Å². The van der Waals surface area contributed by atoms with E-state index >= 15 is 0 Å². The van der Waals surface area contributed by atoms with Crippen LogP contribution in [0.25, 0.3) is 5.57 Å². The molecule has 0 saturated heterocycles. The van der Waals surface area contributed by atoms with Gasteiger partial charge in [0, 0.05) is 11.9 Å². The number of nitrogens with zero attached hydrogens (tertiary/aromatic N) is 4.